The second-order valence-corrected chi connectivity index (χ2v) is 8.31. The van der Waals surface area contributed by atoms with Gasteiger partial charge in [-0.3, -0.25) is 14.6 Å². The lowest BCUT2D eigenvalue weighted by atomic mass is 9.99. The fraction of sp³-hybridized carbons (Fsp3) is 0.179. The van der Waals surface area contributed by atoms with E-state index in [1.165, 1.54) is 13.3 Å². The predicted octanol–water partition coefficient (Wildman–Crippen LogP) is 2.36. The van der Waals surface area contributed by atoms with E-state index in [-0.39, 0.29) is 6.42 Å². The van der Waals surface area contributed by atoms with Crippen molar-refractivity contribution in [2.75, 3.05) is 7.11 Å². The highest BCUT2D eigenvalue weighted by Crippen LogP contribution is 2.19. The van der Waals surface area contributed by atoms with E-state index in [2.05, 4.69) is 20.6 Å². The van der Waals surface area contributed by atoms with Crippen molar-refractivity contribution in [3.8, 4) is 0 Å². The summed E-state index contributed by atoms with van der Waals surface area (Å²) in [5.74, 6) is -2.02. The first-order valence-electron chi connectivity index (χ1n) is 11.6. The molecule has 4 rings (SSSR count). The SMILES string of the molecule is COC(=O)[C@@H](Cc1cnc2ccccc2n1)NC(=O)[C@H](O)[C@@H](NC(=O)c1ccccc1)c1ccccc1. The number of nitrogens with zero attached hydrogens (tertiary/aromatic N) is 2. The molecule has 0 aliphatic carbocycles. The molecule has 4 aromatic rings. The van der Waals surface area contributed by atoms with Crippen molar-refractivity contribution < 1.29 is 24.2 Å². The maximum atomic E-state index is 13.2. The van der Waals surface area contributed by atoms with Gasteiger partial charge in [0.15, 0.2) is 6.10 Å². The zero-order valence-corrected chi connectivity index (χ0v) is 20.1. The summed E-state index contributed by atoms with van der Waals surface area (Å²) in [7, 11) is 1.21. The number of hydrogen-bond donors (Lipinski definition) is 3. The van der Waals surface area contributed by atoms with Gasteiger partial charge >= 0.3 is 5.97 Å². The lowest BCUT2D eigenvalue weighted by Crippen LogP contribution is -2.51. The molecule has 0 fully saturated rings. The molecule has 188 valence electrons. The van der Waals surface area contributed by atoms with Gasteiger partial charge in [0.05, 0.1) is 29.9 Å². The Bertz CT molecular complexity index is 1380. The lowest BCUT2D eigenvalue weighted by molar-refractivity contribution is -0.146. The molecule has 0 saturated carbocycles. The summed E-state index contributed by atoms with van der Waals surface area (Å²) in [4.78, 5) is 47.3. The van der Waals surface area contributed by atoms with Crippen LogP contribution in [0.3, 0.4) is 0 Å². The molecule has 9 heteroatoms. The van der Waals surface area contributed by atoms with Crippen LogP contribution in [0.2, 0.25) is 0 Å². The van der Waals surface area contributed by atoms with Crippen molar-refractivity contribution >= 4 is 28.8 Å². The molecule has 0 aliphatic heterocycles. The molecule has 0 spiro atoms. The first kappa shape index (κ1) is 25.5. The molecular formula is C28H26N4O5. The minimum atomic E-state index is -1.70. The molecule has 0 saturated heterocycles. The summed E-state index contributed by atoms with van der Waals surface area (Å²) >= 11 is 0. The third-order valence-electron chi connectivity index (χ3n) is 5.78. The Kier molecular flexibility index (Phi) is 8.17. The van der Waals surface area contributed by atoms with E-state index in [0.717, 1.165) is 0 Å². The third kappa shape index (κ3) is 6.33. The number of nitrogens with one attached hydrogen (secondary N) is 2. The number of carbonyl (C=O) groups is 3. The predicted molar refractivity (Wildman–Crippen MR) is 136 cm³/mol. The molecule has 0 unspecified atom stereocenters. The minimum Gasteiger partial charge on any atom is -0.467 e. The Morgan fingerprint density at radius 3 is 2.16 bits per heavy atom. The maximum absolute atomic E-state index is 13.2. The summed E-state index contributed by atoms with van der Waals surface area (Å²) in [5.41, 5.74) is 2.69. The first-order chi connectivity index (χ1) is 18.0. The highest BCUT2D eigenvalue weighted by molar-refractivity contribution is 5.95. The molecule has 3 aromatic carbocycles. The van der Waals surface area contributed by atoms with Crippen molar-refractivity contribution in [2.24, 2.45) is 0 Å². The standard InChI is InChI=1S/C28H26N4O5/c1-37-28(36)23(16-20-17-29-21-14-8-9-15-22(21)30-20)31-27(35)25(33)24(18-10-4-2-5-11-18)32-26(34)19-12-6-3-7-13-19/h2-15,17,23-25,33H,16H2,1H3,(H,31,35)(H,32,34)/t23-,24+,25-/m1/s1. The summed E-state index contributed by atoms with van der Waals surface area (Å²) < 4.78 is 4.87. The molecule has 2 amide bonds. The van der Waals surface area contributed by atoms with Crippen LogP contribution in [0.25, 0.3) is 11.0 Å². The van der Waals surface area contributed by atoms with Gasteiger partial charge in [0.1, 0.15) is 6.04 Å². The van der Waals surface area contributed by atoms with Gasteiger partial charge in [-0.25, -0.2) is 9.78 Å². The van der Waals surface area contributed by atoms with Gasteiger partial charge in [0, 0.05) is 18.2 Å². The van der Waals surface area contributed by atoms with E-state index < -0.39 is 36.0 Å². The number of esters is 1. The molecule has 37 heavy (non-hydrogen) atoms. The minimum absolute atomic E-state index is 0.00462. The molecule has 1 heterocycles. The second kappa shape index (κ2) is 11.9. The number of carbonyl (C=O) groups excluding carboxylic acids is 3. The van der Waals surface area contributed by atoms with Crippen molar-refractivity contribution in [3.63, 3.8) is 0 Å². The van der Waals surface area contributed by atoms with E-state index in [4.69, 9.17) is 4.74 Å². The molecule has 3 atom stereocenters. The fourth-order valence-corrected chi connectivity index (χ4v) is 3.87. The average Bonchev–Trinajstić information content (AvgIpc) is 2.95. The number of fused-ring (bicyclic) bond motifs is 1. The van der Waals surface area contributed by atoms with Gasteiger partial charge in [-0.15, -0.1) is 0 Å². The third-order valence-corrected chi connectivity index (χ3v) is 5.78. The number of methoxy groups -OCH3 is 1. The quantitative estimate of drug-likeness (QED) is 0.302. The first-order valence-corrected chi connectivity index (χ1v) is 11.6. The lowest BCUT2D eigenvalue weighted by Gasteiger charge is -2.26. The van der Waals surface area contributed by atoms with Gasteiger partial charge in [-0.1, -0.05) is 60.7 Å². The van der Waals surface area contributed by atoms with Crippen LogP contribution < -0.4 is 10.6 Å². The smallest absolute Gasteiger partial charge is 0.328 e. The van der Waals surface area contributed by atoms with Crippen LogP contribution in [0.5, 0.6) is 0 Å². The number of rotatable bonds is 9. The van der Waals surface area contributed by atoms with Crippen LogP contribution in [-0.4, -0.2) is 52.1 Å². The molecule has 3 N–H and O–H groups in total. The molecule has 0 aliphatic rings. The van der Waals surface area contributed by atoms with Crippen LogP contribution >= 0.6 is 0 Å². The fourth-order valence-electron chi connectivity index (χ4n) is 3.87. The van der Waals surface area contributed by atoms with Gasteiger partial charge < -0.3 is 20.5 Å². The van der Waals surface area contributed by atoms with Gasteiger partial charge in [0.25, 0.3) is 11.8 Å². The van der Waals surface area contributed by atoms with Crippen LogP contribution in [0.4, 0.5) is 0 Å². The van der Waals surface area contributed by atoms with Crippen LogP contribution in [0.15, 0.2) is 91.1 Å². The number of para-hydroxylation sites is 2. The van der Waals surface area contributed by atoms with E-state index in [0.29, 0.717) is 27.9 Å². The van der Waals surface area contributed by atoms with E-state index in [1.54, 1.807) is 66.7 Å². The van der Waals surface area contributed by atoms with Crippen molar-refractivity contribution in [1.82, 2.24) is 20.6 Å². The molecular weight excluding hydrogens is 472 g/mol. The van der Waals surface area contributed by atoms with Crippen LogP contribution in [0.1, 0.15) is 27.7 Å². The van der Waals surface area contributed by atoms with Crippen LogP contribution in [-0.2, 0) is 20.7 Å². The number of aliphatic hydroxyl groups excluding tert-OH is 1. The maximum Gasteiger partial charge on any atom is 0.328 e. The van der Waals surface area contributed by atoms with E-state index >= 15 is 0 Å². The number of aliphatic hydroxyl groups is 1. The number of benzene rings is 3. The Labute approximate surface area is 213 Å². The van der Waals surface area contributed by atoms with E-state index in [9.17, 15) is 19.5 Å². The molecule has 0 radical (unpaired) electrons. The topological polar surface area (TPSA) is 131 Å². The molecule has 0 bridgehead atoms. The average molecular weight is 499 g/mol. The van der Waals surface area contributed by atoms with Gasteiger partial charge in [-0.05, 0) is 29.8 Å². The Morgan fingerprint density at radius 1 is 0.865 bits per heavy atom. The van der Waals surface area contributed by atoms with Crippen molar-refractivity contribution in [2.45, 2.75) is 24.6 Å². The van der Waals surface area contributed by atoms with Gasteiger partial charge in [-0.2, -0.15) is 0 Å². The van der Waals surface area contributed by atoms with E-state index in [1.807, 2.05) is 18.2 Å². The zero-order valence-electron chi connectivity index (χ0n) is 20.1. The Hall–Kier alpha value is -4.63. The molecule has 9 nitrogen and oxygen atoms in total. The monoisotopic (exact) mass is 498 g/mol. The highest BCUT2D eigenvalue weighted by atomic mass is 16.5. The second-order valence-electron chi connectivity index (χ2n) is 8.31. The van der Waals surface area contributed by atoms with Gasteiger partial charge in [0.2, 0.25) is 0 Å². The summed E-state index contributed by atoms with van der Waals surface area (Å²) in [6.45, 7) is 0. The summed E-state index contributed by atoms with van der Waals surface area (Å²) in [5, 5.41) is 16.3. The van der Waals surface area contributed by atoms with Crippen molar-refractivity contribution in [1.29, 1.82) is 0 Å². The summed E-state index contributed by atoms with van der Waals surface area (Å²) in [6, 6.07) is 22.2. The van der Waals surface area contributed by atoms with Crippen LogP contribution in [0, 0.1) is 0 Å². The highest BCUT2D eigenvalue weighted by Gasteiger charge is 2.32. The molecule has 1 aromatic heterocycles. The Balaban J connectivity index is 1.54. The largest absolute Gasteiger partial charge is 0.467 e. The van der Waals surface area contributed by atoms with Crippen molar-refractivity contribution in [3.05, 3.63) is 108 Å². The zero-order chi connectivity index (χ0) is 26.2. The number of hydrogen-bond acceptors (Lipinski definition) is 7. The number of amides is 2. The normalized spacial score (nSPS) is 13.2. The summed E-state index contributed by atoms with van der Waals surface area (Å²) in [6.07, 6.45) is -0.187. The number of aromatic nitrogens is 2. The number of ether oxygens (including phenoxy) is 1. The Morgan fingerprint density at radius 2 is 1.49 bits per heavy atom.